The van der Waals surface area contributed by atoms with Gasteiger partial charge >= 0.3 is 5.97 Å². The van der Waals surface area contributed by atoms with Crippen molar-refractivity contribution >= 4 is 28.5 Å². The van der Waals surface area contributed by atoms with Crippen LogP contribution in [0.5, 0.6) is 11.5 Å². The van der Waals surface area contributed by atoms with Crippen molar-refractivity contribution in [3.63, 3.8) is 0 Å². The van der Waals surface area contributed by atoms with Gasteiger partial charge < -0.3 is 14.6 Å². The molecule has 3 aromatic rings. The van der Waals surface area contributed by atoms with Crippen molar-refractivity contribution in [3.05, 3.63) is 71.8 Å². The van der Waals surface area contributed by atoms with Gasteiger partial charge in [-0.3, -0.25) is 10.1 Å². The van der Waals surface area contributed by atoms with Crippen molar-refractivity contribution in [1.82, 2.24) is 5.32 Å². The summed E-state index contributed by atoms with van der Waals surface area (Å²) in [7, 11) is 1.62. The number of aliphatic carboxylic acids is 1. The Hall–Kier alpha value is -2.70. The van der Waals surface area contributed by atoms with Crippen LogP contribution in [-0.4, -0.2) is 30.0 Å². The Morgan fingerprint density at radius 3 is 2.79 bits per heavy atom. The minimum atomic E-state index is -0.832. The van der Waals surface area contributed by atoms with Gasteiger partial charge in [0.15, 0.2) is 0 Å². The zero-order valence-corrected chi connectivity index (χ0v) is 16.2. The predicted molar refractivity (Wildman–Crippen MR) is 111 cm³/mol. The number of fused-ring (bicyclic) bond motifs is 1. The quantitative estimate of drug-likeness (QED) is 0.652. The molecule has 2 unspecified atom stereocenters. The van der Waals surface area contributed by atoms with Gasteiger partial charge in [-0.1, -0.05) is 42.5 Å². The number of carbonyl (C=O) groups is 1. The van der Waals surface area contributed by atoms with E-state index in [0.29, 0.717) is 23.9 Å². The minimum Gasteiger partial charge on any atom is -0.497 e. The molecule has 0 saturated carbocycles. The van der Waals surface area contributed by atoms with Gasteiger partial charge in [-0.2, -0.15) is 0 Å². The van der Waals surface area contributed by atoms with Crippen LogP contribution in [0.2, 0.25) is 0 Å². The maximum Gasteiger partial charge on any atom is 0.321 e. The van der Waals surface area contributed by atoms with E-state index in [2.05, 4.69) is 29.6 Å². The highest BCUT2D eigenvalue weighted by Crippen LogP contribution is 2.39. The number of carboxylic acids is 1. The first-order valence-corrected chi connectivity index (χ1v) is 10.1. The van der Waals surface area contributed by atoms with Gasteiger partial charge in [0.25, 0.3) is 0 Å². The van der Waals surface area contributed by atoms with Crippen LogP contribution in [0, 0.1) is 0 Å². The first kappa shape index (κ1) is 18.7. The highest BCUT2D eigenvalue weighted by molar-refractivity contribution is 7.99. The van der Waals surface area contributed by atoms with Gasteiger partial charge in [0, 0.05) is 17.4 Å². The molecule has 5 nitrogen and oxygen atoms in total. The average Bonchev–Trinajstić information content (AvgIpc) is 3.22. The summed E-state index contributed by atoms with van der Waals surface area (Å²) in [6.07, 6.45) is 0. The molecule has 4 rings (SSSR count). The van der Waals surface area contributed by atoms with Gasteiger partial charge in [0.1, 0.15) is 24.1 Å². The van der Waals surface area contributed by atoms with Crippen LogP contribution < -0.4 is 14.8 Å². The van der Waals surface area contributed by atoms with E-state index >= 15 is 0 Å². The highest BCUT2D eigenvalue weighted by atomic mass is 32.2. The number of thioether (sulfide) groups is 1. The first-order valence-electron chi connectivity index (χ1n) is 9.03. The average molecular weight is 395 g/mol. The summed E-state index contributed by atoms with van der Waals surface area (Å²) in [6, 6.07) is 19.5. The molecule has 3 aromatic carbocycles. The molecule has 1 fully saturated rings. The van der Waals surface area contributed by atoms with E-state index in [4.69, 9.17) is 9.47 Å². The Bertz CT molecular complexity index is 1000. The van der Waals surface area contributed by atoms with Crippen LogP contribution in [0.3, 0.4) is 0 Å². The standard InChI is InChI=1S/C22H21NO4S/c1-26-16-9-10-18(21-23-19(13-28-21)22(24)25)20(11-16)27-12-15-7-4-6-14-5-2-3-8-17(14)15/h2-11,19,21,23H,12-13H2,1H3,(H,24,25). The zero-order chi connectivity index (χ0) is 19.5. The van der Waals surface area contributed by atoms with Crippen LogP contribution in [0.25, 0.3) is 10.8 Å². The molecule has 28 heavy (non-hydrogen) atoms. The first-order chi connectivity index (χ1) is 13.7. The maximum absolute atomic E-state index is 11.3. The van der Waals surface area contributed by atoms with Gasteiger partial charge in [-0.05, 0) is 28.5 Å². The monoisotopic (exact) mass is 395 g/mol. The third-order valence-corrected chi connectivity index (χ3v) is 6.10. The van der Waals surface area contributed by atoms with Crippen molar-refractivity contribution in [2.45, 2.75) is 18.0 Å². The summed E-state index contributed by atoms with van der Waals surface area (Å²) in [6.45, 7) is 0.418. The lowest BCUT2D eigenvalue weighted by atomic mass is 10.1. The van der Waals surface area contributed by atoms with Gasteiger partial charge in [0.05, 0.1) is 12.5 Å². The fraction of sp³-hybridized carbons (Fsp3) is 0.227. The van der Waals surface area contributed by atoms with E-state index in [1.807, 2.05) is 36.4 Å². The minimum absolute atomic E-state index is 0.130. The predicted octanol–water partition coefficient (Wildman–Crippen LogP) is 4.22. The van der Waals surface area contributed by atoms with Gasteiger partial charge in [0.2, 0.25) is 0 Å². The second-order valence-electron chi connectivity index (χ2n) is 6.60. The third-order valence-electron chi connectivity index (χ3n) is 4.85. The van der Waals surface area contributed by atoms with E-state index in [1.54, 1.807) is 18.9 Å². The Morgan fingerprint density at radius 1 is 1.18 bits per heavy atom. The smallest absolute Gasteiger partial charge is 0.321 e. The molecule has 0 aromatic heterocycles. The fourth-order valence-electron chi connectivity index (χ4n) is 3.35. The molecular weight excluding hydrogens is 374 g/mol. The molecule has 144 valence electrons. The number of hydrogen-bond donors (Lipinski definition) is 2. The molecular formula is C22H21NO4S. The molecule has 0 spiro atoms. The Labute approximate surface area is 167 Å². The van der Waals surface area contributed by atoms with E-state index in [1.165, 1.54) is 5.39 Å². The van der Waals surface area contributed by atoms with E-state index in [-0.39, 0.29) is 5.37 Å². The number of nitrogens with one attached hydrogen (secondary N) is 1. The summed E-state index contributed by atoms with van der Waals surface area (Å²) in [5.41, 5.74) is 2.03. The summed E-state index contributed by atoms with van der Waals surface area (Å²) in [5, 5.41) is 14.6. The van der Waals surface area contributed by atoms with Crippen LogP contribution in [0.4, 0.5) is 0 Å². The number of benzene rings is 3. The van der Waals surface area contributed by atoms with Crippen LogP contribution in [-0.2, 0) is 11.4 Å². The number of rotatable bonds is 6. The molecule has 6 heteroatoms. The highest BCUT2D eigenvalue weighted by Gasteiger charge is 2.32. The number of carboxylic acid groups (broad SMARTS) is 1. The SMILES string of the molecule is COc1ccc(C2NC(C(=O)O)CS2)c(OCc2cccc3ccccc23)c1. The van der Waals surface area contributed by atoms with E-state index < -0.39 is 12.0 Å². The van der Waals surface area contributed by atoms with Crippen LogP contribution in [0.1, 0.15) is 16.5 Å². The fourth-order valence-corrected chi connectivity index (χ4v) is 4.61. The molecule has 1 saturated heterocycles. The lowest BCUT2D eigenvalue weighted by Gasteiger charge is -2.18. The molecule has 1 heterocycles. The van der Waals surface area contributed by atoms with E-state index in [9.17, 15) is 9.90 Å². The van der Waals surface area contributed by atoms with Crippen molar-refractivity contribution in [2.75, 3.05) is 12.9 Å². The van der Waals surface area contributed by atoms with Crippen molar-refractivity contribution in [1.29, 1.82) is 0 Å². The molecule has 2 N–H and O–H groups in total. The third kappa shape index (κ3) is 3.79. The largest absolute Gasteiger partial charge is 0.497 e. The summed E-state index contributed by atoms with van der Waals surface area (Å²) >= 11 is 1.57. The van der Waals surface area contributed by atoms with Crippen LogP contribution >= 0.6 is 11.8 Å². The zero-order valence-electron chi connectivity index (χ0n) is 15.4. The summed E-state index contributed by atoms with van der Waals surface area (Å²) in [5.74, 6) is 1.09. The maximum atomic E-state index is 11.3. The Morgan fingerprint density at radius 2 is 2.00 bits per heavy atom. The Kier molecular flexibility index (Phi) is 5.41. The molecule has 2 atom stereocenters. The van der Waals surface area contributed by atoms with Gasteiger partial charge in [-0.15, -0.1) is 11.8 Å². The van der Waals surface area contributed by atoms with Crippen molar-refractivity contribution in [2.24, 2.45) is 0 Å². The normalized spacial score (nSPS) is 18.9. The molecule has 0 bridgehead atoms. The molecule has 0 radical (unpaired) electrons. The topological polar surface area (TPSA) is 67.8 Å². The molecule has 0 amide bonds. The second-order valence-corrected chi connectivity index (χ2v) is 7.74. The molecule has 0 aliphatic carbocycles. The van der Waals surface area contributed by atoms with Crippen molar-refractivity contribution in [3.8, 4) is 11.5 Å². The number of methoxy groups -OCH3 is 1. The lowest BCUT2D eigenvalue weighted by Crippen LogP contribution is -2.33. The van der Waals surface area contributed by atoms with Gasteiger partial charge in [-0.25, -0.2) is 0 Å². The Balaban J connectivity index is 1.60. The number of ether oxygens (including phenoxy) is 2. The summed E-state index contributed by atoms with van der Waals surface area (Å²) in [4.78, 5) is 11.3. The second kappa shape index (κ2) is 8.12. The van der Waals surface area contributed by atoms with Crippen molar-refractivity contribution < 1.29 is 19.4 Å². The lowest BCUT2D eigenvalue weighted by molar-refractivity contribution is -0.138. The summed E-state index contributed by atoms with van der Waals surface area (Å²) < 4.78 is 11.6. The molecule has 1 aliphatic heterocycles. The molecule has 1 aliphatic rings. The van der Waals surface area contributed by atoms with E-state index in [0.717, 1.165) is 16.5 Å². The van der Waals surface area contributed by atoms with Crippen LogP contribution in [0.15, 0.2) is 60.7 Å². The number of hydrogen-bond acceptors (Lipinski definition) is 5.